The van der Waals surface area contributed by atoms with Gasteiger partial charge >= 0.3 is 225 Å². The van der Waals surface area contributed by atoms with E-state index in [1.807, 2.05) is 36.4 Å². The first-order valence-electron chi connectivity index (χ1n) is 11.3. The SMILES string of the molecule is C=C(C)OC(=O)c1cc[c]([Sb]([c]2ccc(C(=O)OC(=C)C)cc2)[c]2ccc(C(=O)OC(=C)C)cc2)cc1. The van der Waals surface area contributed by atoms with Crippen molar-refractivity contribution in [2.24, 2.45) is 0 Å². The average molecular weight is 605 g/mol. The van der Waals surface area contributed by atoms with E-state index in [1.54, 1.807) is 57.2 Å². The van der Waals surface area contributed by atoms with Gasteiger partial charge in [-0.05, 0) is 0 Å². The van der Waals surface area contributed by atoms with Gasteiger partial charge in [-0.3, -0.25) is 0 Å². The van der Waals surface area contributed by atoms with Crippen molar-refractivity contribution >= 4 is 48.6 Å². The molecule has 188 valence electrons. The van der Waals surface area contributed by atoms with Crippen molar-refractivity contribution in [1.29, 1.82) is 0 Å². The quantitative estimate of drug-likeness (QED) is 0.157. The zero-order valence-corrected chi connectivity index (χ0v) is 23.5. The summed E-state index contributed by atoms with van der Waals surface area (Å²) >= 11 is -2.64. The Balaban J connectivity index is 1.99. The summed E-state index contributed by atoms with van der Waals surface area (Å²) < 4.78 is 18.6. The Morgan fingerprint density at radius 1 is 0.486 bits per heavy atom. The average Bonchev–Trinajstić information content (AvgIpc) is 2.84. The number of esters is 3. The van der Waals surface area contributed by atoms with E-state index in [-0.39, 0.29) is 0 Å². The fraction of sp³-hybridized carbons (Fsp3) is 0.100. The van der Waals surface area contributed by atoms with Crippen LogP contribution in [0.25, 0.3) is 0 Å². The van der Waals surface area contributed by atoms with Gasteiger partial charge in [0.1, 0.15) is 0 Å². The number of rotatable bonds is 9. The van der Waals surface area contributed by atoms with E-state index < -0.39 is 38.1 Å². The molecular weight excluding hydrogens is 578 g/mol. The number of hydrogen-bond donors (Lipinski definition) is 0. The molecule has 6 nitrogen and oxygen atoms in total. The van der Waals surface area contributed by atoms with Crippen LogP contribution < -0.4 is 10.5 Å². The van der Waals surface area contributed by atoms with Crippen LogP contribution in [-0.2, 0) is 14.2 Å². The summed E-state index contributed by atoms with van der Waals surface area (Å²) in [7, 11) is 0. The van der Waals surface area contributed by atoms with Gasteiger partial charge in [-0.25, -0.2) is 0 Å². The molecule has 0 spiro atoms. The van der Waals surface area contributed by atoms with Gasteiger partial charge in [0, 0.05) is 0 Å². The minimum atomic E-state index is -2.64. The van der Waals surface area contributed by atoms with Crippen LogP contribution in [0, 0.1) is 0 Å². The number of ether oxygens (including phenoxy) is 3. The van der Waals surface area contributed by atoms with Crippen LogP contribution in [0.5, 0.6) is 0 Å². The first-order chi connectivity index (χ1) is 17.5. The van der Waals surface area contributed by atoms with E-state index >= 15 is 0 Å². The molecule has 0 aromatic heterocycles. The van der Waals surface area contributed by atoms with Gasteiger partial charge in [0.05, 0.1) is 0 Å². The Bertz CT molecular complexity index is 1180. The molecule has 3 aromatic carbocycles. The molecule has 0 amide bonds. The van der Waals surface area contributed by atoms with Gasteiger partial charge in [-0.15, -0.1) is 0 Å². The zero-order chi connectivity index (χ0) is 27.1. The topological polar surface area (TPSA) is 78.9 Å². The van der Waals surface area contributed by atoms with Crippen molar-refractivity contribution in [2.45, 2.75) is 20.8 Å². The van der Waals surface area contributed by atoms with E-state index in [0.29, 0.717) is 34.0 Å². The molecule has 0 radical (unpaired) electrons. The number of hydrogen-bond acceptors (Lipinski definition) is 6. The van der Waals surface area contributed by atoms with Crippen molar-refractivity contribution in [1.82, 2.24) is 0 Å². The molecule has 7 heteroatoms. The molecule has 0 unspecified atom stereocenters. The number of carbonyl (C=O) groups excluding carboxylic acids is 3. The van der Waals surface area contributed by atoms with Crippen LogP contribution in [0.1, 0.15) is 51.8 Å². The molecule has 0 saturated heterocycles. The second-order valence-corrected chi connectivity index (χ2v) is 14.6. The molecule has 0 saturated carbocycles. The second kappa shape index (κ2) is 12.4. The Kier molecular flexibility index (Phi) is 9.26. The maximum absolute atomic E-state index is 12.3. The summed E-state index contributed by atoms with van der Waals surface area (Å²) in [6, 6.07) is 21.9. The van der Waals surface area contributed by atoms with Crippen molar-refractivity contribution in [2.75, 3.05) is 0 Å². The molecule has 0 N–H and O–H groups in total. The summed E-state index contributed by atoms with van der Waals surface area (Å²) in [4.78, 5) is 36.8. The molecule has 37 heavy (non-hydrogen) atoms. The van der Waals surface area contributed by atoms with Crippen molar-refractivity contribution in [3.8, 4) is 0 Å². The Morgan fingerprint density at radius 2 is 0.703 bits per heavy atom. The van der Waals surface area contributed by atoms with Crippen LogP contribution in [0.15, 0.2) is 110 Å². The number of carbonyl (C=O) groups is 3. The zero-order valence-electron chi connectivity index (χ0n) is 20.9. The fourth-order valence-corrected chi connectivity index (χ4v) is 9.72. The van der Waals surface area contributed by atoms with Crippen LogP contribution in [-0.4, -0.2) is 38.1 Å². The molecule has 0 aliphatic rings. The first-order valence-corrected chi connectivity index (χ1v) is 15.1. The third-order valence-corrected chi connectivity index (χ3v) is 11.9. The van der Waals surface area contributed by atoms with Crippen LogP contribution in [0.2, 0.25) is 0 Å². The minimum absolute atomic E-state index is 0.319. The fourth-order valence-electron chi connectivity index (χ4n) is 3.34. The summed E-state index contributed by atoms with van der Waals surface area (Å²) in [5.74, 6) is -0.449. The first kappa shape index (κ1) is 27.7. The van der Waals surface area contributed by atoms with Gasteiger partial charge in [0.25, 0.3) is 0 Å². The van der Waals surface area contributed by atoms with Gasteiger partial charge in [0.15, 0.2) is 0 Å². The number of benzene rings is 3. The molecule has 0 atom stereocenters. The Labute approximate surface area is 223 Å². The second-order valence-electron chi connectivity index (χ2n) is 8.25. The molecule has 0 aliphatic heterocycles. The van der Waals surface area contributed by atoms with Gasteiger partial charge in [0.2, 0.25) is 0 Å². The normalized spacial score (nSPS) is 10.4. The van der Waals surface area contributed by atoms with Crippen molar-refractivity contribution < 1.29 is 28.6 Å². The third kappa shape index (κ3) is 7.55. The van der Waals surface area contributed by atoms with E-state index in [9.17, 15) is 14.4 Å². The van der Waals surface area contributed by atoms with Crippen molar-refractivity contribution in [3.05, 3.63) is 127 Å². The molecular formula is C30H27O6Sb. The third-order valence-electron chi connectivity index (χ3n) is 4.88. The predicted molar refractivity (Wildman–Crippen MR) is 145 cm³/mol. The summed E-state index contributed by atoms with van der Waals surface area (Å²) in [5, 5.41) is 0. The van der Waals surface area contributed by atoms with Crippen LogP contribution in [0.4, 0.5) is 0 Å². The summed E-state index contributed by atoms with van der Waals surface area (Å²) in [6.45, 7) is 15.7. The maximum atomic E-state index is 12.3. The molecule has 3 rings (SSSR count). The molecule has 0 aliphatic carbocycles. The van der Waals surface area contributed by atoms with E-state index in [0.717, 1.165) is 10.5 Å². The molecule has 0 fully saturated rings. The van der Waals surface area contributed by atoms with Gasteiger partial charge < -0.3 is 0 Å². The molecule has 3 aromatic rings. The predicted octanol–water partition coefficient (Wildman–Crippen LogP) is 4.27. The van der Waals surface area contributed by atoms with Crippen LogP contribution >= 0.6 is 0 Å². The molecule has 0 heterocycles. The van der Waals surface area contributed by atoms with Crippen molar-refractivity contribution in [3.63, 3.8) is 0 Å². The van der Waals surface area contributed by atoms with Gasteiger partial charge in [-0.1, -0.05) is 0 Å². The summed E-state index contributed by atoms with van der Waals surface area (Å²) in [5.41, 5.74) is 1.26. The number of allylic oxidation sites excluding steroid dienone is 3. The van der Waals surface area contributed by atoms with Crippen LogP contribution in [0.3, 0.4) is 0 Å². The van der Waals surface area contributed by atoms with Gasteiger partial charge in [-0.2, -0.15) is 0 Å². The standard InChI is InChI=1S/3C10H9O2.Sb/c3*1-8(2)12-10(11)9-6-4-3-5-7-9;/h3*4-7H,1H2,2H3;. The Morgan fingerprint density at radius 3 is 0.892 bits per heavy atom. The van der Waals surface area contributed by atoms with E-state index in [1.165, 1.54) is 0 Å². The monoisotopic (exact) mass is 604 g/mol. The van der Waals surface area contributed by atoms with E-state index in [2.05, 4.69) is 19.7 Å². The Hall–Kier alpha value is -3.89. The summed E-state index contributed by atoms with van der Waals surface area (Å²) in [6.07, 6.45) is 0. The molecule has 0 bridgehead atoms. The van der Waals surface area contributed by atoms with E-state index in [4.69, 9.17) is 14.2 Å².